The van der Waals surface area contributed by atoms with Crippen molar-refractivity contribution >= 4 is 17.6 Å². The minimum atomic E-state index is -0.426. The van der Waals surface area contributed by atoms with Gasteiger partial charge in [-0.2, -0.15) is 0 Å². The van der Waals surface area contributed by atoms with E-state index in [0.717, 1.165) is 6.54 Å². The normalized spacial score (nSPS) is 17.8. The molecule has 0 aliphatic carbocycles. The molecule has 120 valence electrons. The van der Waals surface area contributed by atoms with Crippen molar-refractivity contribution in [3.05, 3.63) is 29.8 Å². The van der Waals surface area contributed by atoms with Gasteiger partial charge in [-0.15, -0.1) is 0 Å². The minimum absolute atomic E-state index is 0.114. The summed E-state index contributed by atoms with van der Waals surface area (Å²) < 4.78 is 10.1. The maximum atomic E-state index is 12.2. The predicted molar refractivity (Wildman–Crippen MR) is 82.9 cm³/mol. The summed E-state index contributed by atoms with van der Waals surface area (Å²) in [6, 6.07) is 6.70. The van der Waals surface area contributed by atoms with Crippen LogP contribution >= 0.6 is 0 Å². The number of hydrogen-bond acceptors (Lipinski definition) is 5. The summed E-state index contributed by atoms with van der Waals surface area (Å²) >= 11 is 0. The molecule has 1 saturated heterocycles. The number of nitrogens with zero attached hydrogens (tertiary/aromatic N) is 1. The van der Waals surface area contributed by atoms with E-state index in [1.54, 1.807) is 24.3 Å². The van der Waals surface area contributed by atoms with Crippen molar-refractivity contribution in [1.29, 1.82) is 0 Å². The van der Waals surface area contributed by atoms with Gasteiger partial charge < -0.3 is 14.8 Å². The number of carbonyl (C=O) groups is 2. The van der Waals surface area contributed by atoms with Gasteiger partial charge in [-0.05, 0) is 32.0 Å². The monoisotopic (exact) mass is 306 g/mol. The Kier molecular flexibility index (Phi) is 5.15. The number of carbonyl (C=O) groups excluding carboxylic acids is 2. The molecule has 1 aliphatic rings. The molecule has 0 radical (unpaired) electrons. The van der Waals surface area contributed by atoms with Crippen molar-refractivity contribution in [3.8, 4) is 0 Å². The summed E-state index contributed by atoms with van der Waals surface area (Å²) in [7, 11) is 1.33. The standard InChI is InChI=1S/C16H22N2O4/c1-16(2)11-22-8-7-18(16)10-14(19)17-13-6-4-5-12(9-13)15(20)21-3/h4-6,9H,7-8,10-11H2,1-3H3,(H,17,19). The molecule has 0 saturated carbocycles. The molecular weight excluding hydrogens is 284 g/mol. The number of rotatable bonds is 4. The highest BCUT2D eigenvalue weighted by atomic mass is 16.5. The molecule has 1 aromatic rings. The van der Waals surface area contributed by atoms with Crippen molar-refractivity contribution in [3.63, 3.8) is 0 Å². The van der Waals surface area contributed by atoms with Gasteiger partial charge in [0, 0.05) is 17.8 Å². The Hall–Kier alpha value is -1.92. The lowest BCUT2D eigenvalue weighted by molar-refractivity contribution is -0.122. The van der Waals surface area contributed by atoms with Gasteiger partial charge >= 0.3 is 5.97 Å². The SMILES string of the molecule is COC(=O)c1cccc(NC(=O)CN2CCOCC2(C)C)c1. The zero-order valence-electron chi connectivity index (χ0n) is 13.2. The van der Waals surface area contributed by atoms with Crippen LogP contribution in [0.25, 0.3) is 0 Å². The van der Waals surface area contributed by atoms with Gasteiger partial charge in [0.15, 0.2) is 0 Å². The molecule has 0 unspecified atom stereocenters. The fourth-order valence-electron chi connectivity index (χ4n) is 2.40. The van der Waals surface area contributed by atoms with Crippen LogP contribution in [0.4, 0.5) is 5.69 Å². The van der Waals surface area contributed by atoms with Crippen molar-refractivity contribution in [2.45, 2.75) is 19.4 Å². The van der Waals surface area contributed by atoms with Gasteiger partial charge in [0.2, 0.25) is 5.91 Å². The first kappa shape index (κ1) is 16.5. The molecule has 1 N–H and O–H groups in total. The Labute approximate surface area is 130 Å². The van der Waals surface area contributed by atoms with Crippen LogP contribution in [0.3, 0.4) is 0 Å². The Bertz CT molecular complexity index is 557. The second-order valence-corrected chi connectivity index (χ2v) is 5.91. The lowest BCUT2D eigenvalue weighted by atomic mass is 10.0. The average Bonchev–Trinajstić information content (AvgIpc) is 2.48. The zero-order chi connectivity index (χ0) is 16.2. The Morgan fingerprint density at radius 2 is 2.18 bits per heavy atom. The second kappa shape index (κ2) is 6.89. The van der Waals surface area contributed by atoms with E-state index in [2.05, 4.69) is 28.8 Å². The van der Waals surface area contributed by atoms with Crippen LogP contribution in [0.2, 0.25) is 0 Å². The molecule has 1 aromatic carbocycles. The molecular formula is C16H22N2O4. The zero-order valence-corrected chi connectivity index (χ0v) is 13.2. The van der Waals surface area contributed by atoms with Crippen molar-refractivity contribution < 1.29 is 19.1 Å². The van der Waals surface area contributed by atoms with Crippen LogP contribution in [0.1, 0.15) is 24.2 Å². The van der Waals surface area contributed by atoms with Crippen LogP contribution in [0.5, 0.6) is 0 Å². The predicted octanol–water partition coefficient (Wildman–Crippen LogP) is 1.52. The van der Waals surface area contributed by atoms with Crippen molar-refractivity contribution in [1.82, 2.24) is 4.90 Å². The highest BCUT2D eigenvalue weighted by Gasteiger charge is 2.31. The third kappa shape index (κ3) is 4.05. The van der Waals surface area contributed by atoms with E-state index in [-0.39, 0.29) is 11.4 Å². The van der Waals surface area contributed by atoms with Crippen LogP contribution < -0.4 is 5.32 Å². The molecule has 1 fully saturated rings. The smallest absolute Gasteiger partial charge is 0.337 e. The topological polar surface area (TPSA) is 67.9 Å². The fraction of sp³-hybridized carbons (Fsp3) is 0.500. The number of amides is 1. The number of esters is 1. The van der Waals surface area contributed by atoms with E-state index in [9.17, 15) is 9.59 Å². The van der Waals surface area contributed by atoms with Gasteiger partial charge in [-0.3, -0.25) is 9.69 Å². The van der Waals surface area contributed by atoms with Gasteiger partial charge in [0.1, 0.15) is 0 Å². The molecule has 6 nitrogen and oxygen atoms in total. The lowest BCUT2D eigenvalue weighted by Gasteiger charge is -2.41. The molecule has 1 heterocycles. The van der Waals surface area contributed by atoms with Gasteiger partial charge in [0.25, 0.3) is 0 Å². The van der Waals surface area contributed by atoms with E-state index >= 15 is 0 Å². The number of nitrogens with one attached hydrogen (secondary N) is 1. The van der Waals surface area contributed by atoms with E-state index in [4.69, 9.17) is 4.74 Å². The number of morpholine rings is 1. The first-order valence-corrected chi connectivity index (χ1v) is 7.23. The van der Waals surface area contributed by atoms with Crippen LogP contribution in [-0.4, -0.2) is 55.7 Å². The largest absolute Gasteiger partial charge is 0.465 e. The summed E-state index contributed by atoms with van der Waals surface area (Å²) in [5, 5.41) is 2.82. The summed E-state index contributed by atoms with van der Waals surface area (Å²) in [4.78, 5) is 25.8. The summed E-state index contributed by atoms with van der Waals surface area (Å²) in [5.41, 5.74) is 0.828. The van der Waals surface area contributed by atoms with Crippen molar-refractivity contribution in [2.75, 3.05) is 38.7 Å². The molecule has 0 aromatic heterocycles. The highest BCUT2D eigenvalue weighted by molar-refractivity contribution is 5.95. The maximum absolute atomic E-state index is 12.2. The van der Waals surface area contributed by atoms with Crippen LogP contribution in [0.15, 0.2) is 24.3 Å². The van der Waals surface area contributed by atoms with E-state index in [1.165, 1.54) is 7.11 Å². The first-order valence-electron chi connectivity index (χ1n) is 7.23. The Morgan fingerprint density at radius 3 is 2.86 bits per heavy atom. The average molecular weight is 306 g/mol. The van der Waals surface area contributed by atoms with E-state index in [0.29, 0.717) is 31.0 Å². The lowest BCUT2D eigenvalue weighted by Crippen LogP contribution is -2.55. The number of ether oxygens (including phenoxy) is 2. The highest BCUT2D eigenvalue weighted by Crippen LogP contribution is 2.19. The number of methoxy groups -OCH3 is 1. The number of benzene rings is 1. The maximum Gasteiger partial charge on any atom is 0.337 e. The molecule has 1 aliphatic heterocycles. The fourth-order valence-corrected chi connectivity index (χ4v) is 2.40. The molecule has 0 atom stereocenters. The third-order valence-electron chi connectivity index (χ3n) is 3.72. The van der Waals surface area contributed by atoms with Crippen molar-refractivity contribution in [2.24, 2.45) is 0 Å². The van der Waals surface area contributed by atoms with Gasteiger partial charge in [0.05, 0.1) is 32.4 Å². The van der Waals surface area contributed by atoms with Crippen LogP contribution in [-0.2, 0) is 14.3 Å². The van der Waals surface area contributed by atoms with E-state index < -0.39 is 5.97 Å². The number of hydrogen-bond donors (Lipinski definition) is 1. The second-order valence-electron chi connectivity index (χ2n) is 5.91. The third-order valence-corrected chi connectivity index (χ3v) is 3.72. The molecule has 22 heavy (non-hydrogen) atoms. The number of anilines is 1. The summed E-state index contributed by atoms with van der Waals surface area (Å²) in [6.45, 7) is 6.36. The first-order chi connectivity index (χ1) is 10.4. The Balaban J connectivity index is 1.98. The Morgan fingerprint density at radius 1 is 1.41 bits per heavy atom. The van der Waals surface area contributed by atoms with Gasteiger partial charge in [-0.25, -0.2) is 4.79 Å². The molecule has 2 rings (SSSR count). The molecule has 6 heteroatoms. The van der Waals surface area contributed by atoms with E-state index in [1.807, 2.05) is 0 Å². The molecule has 1 amide bonds. The summed E-state index contributed by atoms with van der Waals surface area (Å²) in [6.07, 6.45) is 0. The van der Waals surface area contributed by atoms with Crippen LogP contribution in [0, 0.1) is 0 Å². The quantitative estimate of drug-likeness (QED) is 0.854. The molecule has 0 spiro atoms. The van der Waals surface area contributed by atoms with Gasteiger partial charge in [-0.1, -0.05) is 6.07 Å². The summed E-state index contributed by atoms with van der Waals surface area (Å²) in [5.74, 6) is -0.539. The molecule has 0 bridgehead atoms. The minimum Gasteiger partial charge on any atom is -0.465 e.